The minimum absolute atomic E-state index is 0.0842. The molecule has 1 aromatic heterocycles. The summed E-state index contributed by atoms with van der Waals surface area (Å²) in [5.41, 5.74) is 0.503. The molecule has 2 aromatic rings. The van der Waals surface area contributed by atoms with Gasteiger partial charge in [-0.05, 0) is 23.5 Å². The van der Waals surface area contributed by atoms with Crippen LogP contribution in [0.1, 0.15) is 15.9 Å². The van der Waals surface area contributed by atoms with Gasteiger partial charge in [0.25, 0.3) is 5.91 Å². The summed E-state index contributed by atoms with van der Waals surface area (Å²) >= 11 is 0.762. The Labute approximate surface area is 112 Å². The van der Waals surface area contributed by atoms with E-state index >= 15 is 0 Å². The highest BCUT2D eigenvalue weighted by atomic mass is 32.1. The maximum absolute atomic E-state index is 11.9. The second-order valence-electron chi connectivity index (χ2n) is 3.52. The summed E-state index contributed by atoms with van der Waals surface area (Å²) in [6.45, 7) is 0. The van der Waals surface area contributed by atoms with Crippen LogP contribution in [0.3, 0.4) is 0 Å². The number of benzene rings is 1. The van der Waals surface area contributed by atoms with E-state index in [9.17, 15) is 14.9 Å². The van der Waals surface area contributed by atoms with Crippen molar-refractivity contribution in [2.45, 2.75) is 0 Å². The Morgan fingerprint density at radius 1 is 1.37 bits per heavy atom. The van der Waals surface area contributed by atoms with Gasteiger partial charge in [0.2, 0.25) is 0 Å². The van der Waals surface area contributed by atoms with Gasteiger partial charge in [-0.2, -0.15) is 5.26 Å². The SMILES string of the molecule is N#Cc1cc([N+](=O)[O-])sc1NC(=O)c1ccccc1. The van der Waals surface area contributed by atoms with Crippen molar-refractivity contribution in [3.05, 3.63) is 57.6 Å². The Morgan fingerprint density at radius 2 is 2.05 bits per heavy atom. The van der Waals surface area contributed by atoms with Crippen LogP contribution in [-0.2, 0) is 0 Å². The highest BCUT2D eigenvalue weighted by Gasteiger charge is 2.18. The van der Waals surface area contributed by atoms with E-state index in [1.807, 2.05) is 6.07 Å². The van der Waals surface area contributed by atoms with Crippen LogP contribution in [0.5, 0.6) is 0 Å². The summed E-state index contributed by atoms with van der Waals surface area (Å²) in [5.74, 6) is -0.408. The van der Waals surface area contributed by atoms with Crippen LogP contribution in [0.4, 0.5) is 10.0 Å². The highest BCUT2D eigenvalue weighted by molar-refractivity contribution is 7.19. The summed E-state index contributed by atoms with van der Waals surface area (Å²) in [7, 11) is 0. The molecule has 0 spiro atoms. The standard InChI is InChI=1S/C12H7N3O3S/c13-7-9-6-10(15(17)18)19-12(9)14-11(16)8-4-2-1-3-5-8/h1-6H,(H,14,16). The number of nitrogens with one attached hydrogen (secondary N) is 1. The summed E-state index contributed by atoms with van der Waals surface area (Å²) in [6.07, 6.45) is 0. The summed E-state index contributed by atoms with van der Waals surface area (Å²) in [6, 6.07) is 11.4. The molecule has 0 fully saturated rings. The number of rotatable bonds is 3. The number of nitriles is 1. The Morgan fingerprint density at radius 3 is 2.63 bits per heavy atom. The number of hydrogen-bond donors (Lipinski definition) is 1. The number of hydrogen-bond acceptors (Lipinski definition) is 5. The zero-order chi connectivity index (χ0) is 13.8. The number of carbonyl (C=O) groups excluding carboxylic acids is 1. The van der Waals surface area contributed by atoms with Crippen molar-refractivity contribution in [1.82, 2.24) is 0 Å². The number of thiophene rings is 1. The fourth-order valence-corrected chi connectivity index (χ4v) is 2.23. The molecular formula is C12H7N3O3S. The predicted molar refractivity (Wildman–Crippen MR) is 70.1 cm³/mol. The van der Waals surface area contributed by atoms with Crippen LogP contribution in [-0.4, -0.2) is 10.8 Å². The van der Waals surface area contributed by atoms with Gasteiger partial charge in [0.15, 0.2) is 0 Å². The van der Waals surface area contributed by atoms with Gasteiger partial charge in [-0.25, -0.2) is 0 Å². The number of nitro groups is 1. The third-order valence-electron chi connectivity index (χ3n) is 2.28. The molecule has 2 rings (SSSR count). The normalized spacial score (nSPS) is 9.63. The van der Waals surface area contributed by atoms with Crippen molar-refractivity contribution in [2.75, 3.05) is 5.32 Å². The van der Waals surface area contributed by atoms with Gasteiger partial charge in [0.1, 0.15) is 11.1 Å². The van der Waals surface area contributed by atoms with Gasteiger partial charge in [0.05, 0.1) is 10.5 Å². The van der Waals surface area contributed by atoms with Gasteiger partial charge in [-0.15, -0.1) is 0 Å². The molecule has 0 aliphatic rings. The summed E-state index contributed by atoms with van der Waals surface area (Å²) in [4.78, 5) is 21.9. The second kappa shape index (κ2) is 5.29. The lowest BCUT2D eigenvalue weighted by molar-refractivity contribution is -0.380. The largest absolute Gasteiger partial charge is 0.327 e. The molecule has 19 heavy (non-hydrogen) atoms. The lowest BCUT2D eigenvalue weighted by atomic mass is 10.2. The zero-order valence-electron chi connectivity index (χ0n) is 9.49. The smallest absolute Gasteiger partial charge is 0.312 e. The van der Waals surface area contributed by atoms with Gasteiger partial charge in [-0.3, -0.25) is 14.9 Å². The average Bonchev–Trinajstić information content (AvgIpc) is 2.83. The molecule has 1 N–H and O–H groups in total. The Kier molecular flexibility index (Phi) is 3.54. The minimum Gasteiger partial charge on any atom is -0.312 e. The van der Waals surface area contributed by atoms with Gasteiger partial charge >= 0.3 is 5.00 Å². The van der Waals surface area contributed by atoms with Crippen molar-refractivity contribution >= 4 is 27.2 Å². The van der Waals surface area contributed by atoms with E-state index in [0.717, 1.165) is 17.4 Å². The predicted octanol–water partition coefficient (Wildman–Crippen LogP) is 2.78. The lowest BCUT2D eigenvalue weighted by Gasteiger charge is -2.02. The fourth-order valence-electron chi connectivity index (χ4n) is 1.41. The van der Waals surface area contributed by atoms with Crippen molar-refractivity contribution in [1.29, 1.82) is 5.26 Å². The molecule has 0 atom stereocenters. The zero-order valence-corrected chi connectivity index (χ0v) is 10.3. The first-order valence-corrected chi connectivity index (χ1v) is 5.98. The number of carbonyl (C=O) groups is 1. The topological polar surface area (TPSA) is 96.0 Å². The Balaban J connectivity index is 2.27. The van der Waals surface area contributed by atoms with Crippen LogP contribution in [0, 0.1) is 21.4 Å². The first-order valence-electron chi connectivity index (χ1n) is 5.16. The quantitative estimate of drug-likeness (QED) is 0.686. The van der Waals surface area contributed by atoms with Crippen LogP contribution >= 0.6 is 11.3 Å². The van der Waals surface area contributed by atoms with Crippen LogP contribution in [0.25, 0.3) is 0 Å². The molecule has 0 unspecified atom stereocenters. The number of nitrogens with zero attached hydrogens (tertiary/aromatic N) is 2. The summed E-state index contributed by atoms with van der Waals surface area (Å²) < 4.78 is 0. The highest BCUT2D eigenvalue weighted by Crippen LogP contribution is 2.33. The van der Waals surface area contributed by atoms with Crippen LogP contribution < -0.4 is 5.32 Å². The molecule has 7 heteroatoms. The van der Waals surface area contributed by atoms with Crippen molar-refractivity contribution < 1.29 is 9.72 Å². The van der Waals surface area contributed by atoms with Crippen molar-refractivity contribution in [3.8, 4) is 6.07 Å². The average molecular weight is 273 g/mol. The molecule has 0 bridgehead atoms. The van der Waals surface area contributed by atoms with E-state index in [1.165, 1.54) is 0 Å². The van der Waals surface area contributed by atoms with E-state index in [-0.39, 0.29) is 15.6 Å². The third-order valence-corrected chi connectivity index (χ3v) is 3.28. The molecule has 0 saturated heterocycles. The summed E-state index contributed by atoms with van der Waals surface area (Å²) in [5, 5.41) is 22.0. The van der Waals surface area contributed by atoms with E-state index in [4.69, 9.17) is 5.26 Å². The monoisotopic (exact) mass is 273 g/mol. The van der Waals surface area contributed by atoms with E-state index in [1.54, 1.807) is 30.3 Å². The van der Waals surface area contributed by atoms with Gasteiger partial charge in [0, 0.05) is 11.6 Å². The van der Waals surface area contributed by atoms with Crippen molar-refractivity contribution in [3.63, 3.8) is 0 Å². The third kappa shape index (κ3) is 2.75. The maximum Gasteiger partial charge on any atom is 0.327 e. The molecule has 0 aliphatic carbocycles. The molecule has 0 aliphatic heterocycles. The van der Waals surface area contributed by atoms with E-state index in [2.05, 4.69) is 5.32 Å². The molecule has 1 amide bonds. The Bertz CT molecular complexity index is 673. The van der Waals surface area contributed by atoms with Gasteiger partial charge < -0.3 is 5.32 Å². The molecule has 1 aromatic carbocycles. The van der Waals surface area contributed by atoms with Crippen LogP contribution in [0.15, 0.2) is 36.4 Å². The fraction of sp³-hybridized carbons (Fsp3) is 0. The molecule has 94 valence electrons. The molecular weight excluding hydrogens is 266 g/mol. The number of anilines is 1. The van der Waals surface area contributed by atoms with E-state index < -0.39 is 10.8 Å². The van der Waals surface area contributed by atoms with E-state index in [0.29, 0.717) is 5.56 Å². The first kappa shape index (κ1) is 12.7. The van der Waals surface area contributed by atoms with Crippen molar-refractivity contribution in [2.24, 2.45) is 0 Å². The first-order chi connectivity index (χ1) is 9.11. The lowest BCUT2D eigenvalue weighted by Crippen LogP contribution is -2.11. The molecule has 0 radical (unpaired) electrons. The Hall–Kier alpha value is -2.72. The molecule has 1 heterocycles. The minimum atomic E-state index is -0.594. The number of amides is 1. The second-order valence-corrected chi connectivity index (χ2v) is 4.55. The molecule has 0 saturated carbocycles. The van der Waals surface area contributed by atoms with Crippen LogP contribution in [0.2, 0.25) is 0 Å². The van der Waals surface area contributed by atoms with Gasteiger partial charge in [-0.1, -0.05) is 18.2 Å². The maximum atomic E-state index is 11.9. The molecule has 6 nitrogen and oxygen atoms in total.